The number of aliphatic imine (C=N–C) groups is 1. The fourth-order valence-corrected chi connectivity index (χ4v) is 3.10. The number of alkyl halides is 3. The van der Waals surface area contributed by atoms with Crippen molar-refractivity contribution in [2.45, 2.75) is 33.0 Å². The standard InChI is InChI=1S/C23H26F3N3O2/c1-5-17(13-27-4)19-9-7-8-10-20(19)22(30)29(6-2)16(3)15-31-21-12-11-18(14-28-21)23(24,25)26/h5,7-14,16H,6,15H2,1-4H3/b17-5+,27-13-. The molecule has 0 saturated carbocycles. The highest BCUT2D eigenvalue weighted by Gasteiger charge is 2.31. The van der Waals surface area contributed by atoms with Gasteiger partial charge in [-0.05, 0) is 44.0 Å². The summed E-state index contributed by atoms with van der Waals surface area (Å²) in [4.78, 5) is 22.7. The summed E-state index contributed by atoms with van der Waals surface area (Å²) in [5, 5.41) is 0. The van der Waals surface area contributed by atoms with E-state index in [9.17, 15) is 18.0 Å². The number of carbonyl (C=O) groups excluding carboxylic acids is 1. The Hall–Kier alpha value is -3.16. The van der Waals surface area contributed by atoms with E-state index in [0.29, 0.717) is 12.1 Å². The maximum absolute atomic E-state index is 13.3. The van der Waals surface area contributed by atoms with E-state index < -0.39 is 11.7 Å². The van der Waals surface area contributed by atoms with Crippen molar-refractivity contribution in [3.8, 4) is 5.88 Å². The second kappa shape index (κ2) is 10.7. The van der Waals surface area contributed by atoms with Gasteiger partial charge in [0.05, 0.1) is 11.6 Å². The predicted octanol–water partition coefficient (Wildman–Crippen LogP) is 5.13. The number of rotatable bonds is 8. The third kappa shape index (κ3) is 6.16. The molecule has 5 nitrogen and oxygen atoms in total. The molecule has 166 valence electrons. The minimum absolute atomic E-state index is 0.0686. The molecule has 0 radical (unpaired) electrons. The summed E-state index contributed by atoms with van der Waals surface area (Å²) in [6, 6.07) is 9.05. The molecule has 2 aromatic rings. The summed E-state index contributed by atoms with van der Waals surface area (Å²) in [5.41, 5.74) is 1.30. The fourth-order valence-electron chi connectivity index (χ4n) is 3.10. The van der Waals surface area contributed by atoms with Crippen LogP contribution in [0.4, 0.5) is 13.2 Å². The Morgan fingerprint density at radius 1 is 1.23 bits per heavy atom. The first kappa shape index (κ1) is 24.1. The molecule has 1 amide bonds. The van der Waals surface area contributed by atoms with Gasteiger partial charge >= 0.3 is 6.18 Å². The number of hydrogen-bond donors (Lipinski definition) is 0. The molecule has 1 aromatic heterocycles. The lowest BCUT2D eigenvalue weighted by Crippen LogP contribution is -2.42. The number of nitrogens with zero attached hydrogens (tertiary/aromatic N) is 3. The predicted molar refractivity (Wildman–Crippen MR) is 115 cm³/mol. The van der Waals surface area contributed by atoms with Crippen LogP contribution in [0.25, 0.3) is 5.57 Å². The van der Waals surface area contributed by atoms with Crippen molar-refractivity contribution >= 4 is 17.7 Å². The van der Waals surface area contributed by atoms with Crippen molar-refractivity contribution in [3.63, 3.8) is 0 Å². The first-order valence-corrected chi connectivity index (χ1v) is 9.87. The van der Waals surface area contributed by atoms with Crippen LogP contribution < -0.4 is 4.74 Å². The molecule has 1 aromatic carbocycles. The van der Waals surface area contributed by atoms with E-state index in [1.165, 1.54) is 6.07 Å². The summed E-state index contributed by atoms with van der Waals surface area (Å²) in [6.45, 7) is 6.08. The monoisotopic (exact) mass is 433 g/mol. The number of hydrogen-bond acceptors (Lipinski definition) is 4. The Bertz CT molecular complexity index is 938. The molecule has 0 saturated heterocycles. The minimum Gasteiger partial charge on any atom is -0.475 e. The molecular formula is C23H26F3N3O2. The maximum Gasteiger partial charge on any atom is 0.417 e. The van der Waals surface area contributed by atoms with Gasteiger partial charge in [-0.1, -0.05) is 24.3 Å². The van der Waals surface area contributed by atoms with Gasteiger partial charge in [-0.25, -0.2) is 4.98 Å². The number of amides is 1. The van der Waals surface area contributed by atoms with Crippen molar-refractivity contribution in [3.05, 3.63) is 65.4 Å². The van der Waals surface area contributed by atoms with E-state index in [4.69, 9.17) is 4.74 Å². The smallest absolute Gasteiger partial charge is 0.417 e. The Labute approximate surface area is 180 Å². The summed E-state index contributed by atoms with van der Waals surface area (Å²) in [5.74, 6) is -0.0995. The number of allylic oxidation sites excluding steroid dienone is 2. The van der Waals surface area contributed by atoms with Crippen LogP contribution in [-0.4, -0.2) is 48.2 Å². The average molecular weight is 433 g/mol. The van der Waals surface area contributed by atoms with E-state index >= 15 is 0 Å². The third-order valence-corrected chi connectivity index (χ3v) is 4.72. The number of halogens is 3. The number of carbonyl (C=O) groups is 1. The lowest BCUT2D eigenvalue weighted by Gasteiger charge is -2.29. The Morgan fingerprint density at radius 3 is 2.42 bits per heavy atom. The number of benzene rings is 1. The Kier molecular flexibility index (Phi) is 8.36. The lowest BCUT2D eigenvalue weighted by molar-refractivity contribution is -0.137. The number of aromatic nitrogens is 1. The van der Waals surface area contributed by atoms with Crippen LogP contribution in [0, 0.1) is 0 Å². The van der Waals surface area contributed by atoms with Gasteiger partial charge < -0.3 is 9.64 Å². The highest BCUT2D eigenvalue weighted by molar-refractivity contribution is 6.14. The van der Waals surface area contributed by atoms with Gasteiger partial charge in [-0.2, -0.15) is 13.2 Å². The van der Waals surface area contributed by atoms with Crippen LogP contribution in [0.5, 0.6) is 5.88 Å². The van der Waals surface area contributed by atoms with E-state index in [1.807, 2.05) is 39.0 Å². The normalized spacial score (nSPS) is 13.3. The van der Waals surface area contributed by atoms with Crippen molar-refractivity contribution in [2.24, 2.45) is 4.99 Å². The largest absolute Gasteiger partial charge is 0.475 e. The van der Waals surface area contributed by atoms with Crippen molar-refractivity contribution in [1.29, 1.82) is 0 Å². The molecule has 0 aliphatic rings. The SMILES string of the molecule is C/C=C(\C=N/C)c1ccccc1C(=O)N(CC)C(C)COc1ccc(C(F)(F)F)cn1. The van der Waals surface area contributed by atoms with Gasteiger partial charge in [0, 0.05) is 37.6 Å². The maximum atomic E-state index is 13.3. The van der Waals surface area contributed by atoms with Gasteiger partial charge in [0.2, 0.25) is 5.88 Å². The third-order valence-electron chi connectivity index (χ3n) is 4.72. The molecule has 0 spiro atoms. The van der Waals surface area contributed by atoms with Crippen molar-refractivity contribution < 1.29 is 22.7 Å². The van der Waals surface area contributed by atoms with Crippen LogP contribution in [-0.2, 0) is 6.18 Å². The lowest BCUT2D eigenvalue weighted by atomic mass is 9.98. The molecule has 1 unspecified atom stereocenters. The van der Waals surface area contributed by atoms with Gasteiger partial charge in [0.25, 0.3) is 5.91 Å². The van der Waals surface area contributed by atoms with E-state index in [1.54, 1.807) is 30.3 Å². The van der Waals surface area contributed by atoms with Crippen LogP contribution in [0.15, 0.2) is 53.7 Å². The zero-order chi connectivity index (χ0) is 23.0. The minimum atomic E-state index is -4.45. The quantitative estimate of drug-likeness (QED) is 0.542. The van der Waals surface area contributed by atoms with Crippen LogP contribution >= 0.6 is 0 Å². The zero-order valence-electron chi connectivity index (χ0n) is 18.0. The molecule has 0 N–H and O–H groups in total. The van der Waals surface area contributed by atoms with Gasteiger partial charge in [-0.15, -0.1) is 0 Å². The first-order valence-electron chi connectivity index (χ1n) is 9.87. The van der Waals surface area contributed by atoms with Crippen LogP contribution in [0.2, 0.25) is 0 Å². The molecule has 0 fully saturated rings. The molecule has 0 aliphatic heterocycles. The molecule has 8 heteroatoms. The summed E-state index contributed by atoms with van der Waals surface area (Å²) < 4.78 is 43.5. The van der Waals surface area contributed by atoms with Crippen LogP contribution in [0.3, 0.4) is 0 Å². The highest BCUT2D eigenvalue weighted by Crippen LogP contribution is 2.29. The molecule has 0 bridgehead atoms. The number of pyridine rings is 1. The second-order valence-electron chi connectivity index (χ2n) is 6.81. The number of ether oxygens (including phenoxy) is 1. The van der Waals surface area contributed by atoms with Gasteiger partial charge in [-0.3, -0.25) is 9.79 Å². The number of likely N-dealkylation sites (N-methyl/N-ethyl adjacent to an activating group) is 1. The van der Waals surface area contributed by atoms with Crippen molar-refractivity contribution in [1.82, 2.24) is 9.88 Å². The molecule has 2 rings (SSSR count). The van der Waals surface area contributed by atoms with E-state index in [0.717, 1.165) is 23.4 Å². The Morgan fingerprint density at radius 2 is 1.90 bits per heavy atom. The van der Waals surface area contributed by atoms with Gasteiger partial charge in [0.15, 0.2) is 0 Å². The molecule has 31 heavy (non-hydrogen) atoms. The fraction of sp³-hybridized carbons (Fsp3) is 0.348. The molecule has 1 heterocycles. The zero-order valence-corrected chi connectivity index (χ0v) is 18.0. The highest BCUT2D eigenvalue weighted by atomic mass is 19.4. The van der Waals surface area contributed by atoms with E-state index in [-0.39, 0.29) is 24.4 Å². The Balaban J connectivity index is 2.16. The van der Waals surface area contributed by atoms with Crippen LogP contribution in [0.1, 0.15) is 42.3 Å². The molecule has 1 atom stereocenters. The van der Waals surface area contributed by atoms with E-state index in [2.05, 4.69) is 9.98 Å². The van der Waals surface area contributed by atoms with Crippen molar-refractivity contribution in [2.75, 3.05) is 20.2 Å². The van der Waals surface area contributed by atoms with Gasteiger partial charge in [0.1, 0.15) is 6.61 Å². The summed E-state index contributed by atoms with van der Waals surface area (Å²) >= 11 is 0. The topological polar surface area (TPSA) is 54.8 Å². The summed E-state index contributed by atoms with van der Waals surface area (Å²) in [7, 11) is 1.67. The summed E-state index contributed by atoms with van der Waals surface area (Å²) in [6.07, 6.45) is -0.137. The molecular weight excluding hydrogens is 407 g/mol. The second-order valence-corrected chi connectivity index (χ2v) is 6.81. The molecule has 0 aliphatic carbocycles. The average Bonchev–Trinajstić information content (AvgIpc) is 2.76. The first-order chi connectivity index (χ1) is 14.7.